The summed E-state index contributed by atoms with van der Waals surface area (Å²) in [5.74, 6) is -3.42. The molecule has 47 heavy (non-hydrogen) atoms. The van der Waals surface area contributed by atoms with Gasteiger partial charge in [0.1, 0.15) is 23.7 Å². The van der Waals surface area contributed by atoms with Crippen LogP contribution >= 0.6 is 0 Å². The highest BCUT2D eigenvalue weighted by Crippen LogP contribution is 2.56. The van der Waals surface area contributed by atoms with Crippen molar-refractivity contribution in [2.24, 2.45) is 11.8 Å². The average Bonchev–Trinajstić information content (AvgIpc) is 3.70. The van der Waals surface area contributed by atoms with Crippen LogP contribution in [0.2, 0.25) is 0 Å². The number of aliphatic hydroxyl groups excluding tert-OH is 1. The Kier molecular flexibility index (Phi) is 9.34. The smallest absolute Gasteiger partial charge is 0.313 e. The molecule has 1 spiro atoms. The van der Waals surface area contributed by atoms with Gasteiger partial charge in [0, 0.05) is 31.8 Å². The molecule has 0 aliphatic carbocycles. The second-order valence-electron chi connectivity index (χ2n) is 13.0. The average molecular weight is 642 g/mol. The van der Waals surface area contributed by atoms with Crippen LogP contribution in [0.3, 0.4) is 0 Å². The standard InChI is InChI=1S/C37H43N3O7/c1-23-15-16-24(2)27(22-23)39-19-9-5-8-14-29(42)38-25(3)32(26-12-6-4-7-13-26)46-36(45)30-28-17-18-37(47-28)31(30)34(43)40(20-10-11-21-41)33(37)35(39)44/h4-7,9,12-13,15-18,22,25,28,30-33,41H,8,10-11,14,19-21H2,1-3H3,(H,38,42)/b9-5-/t25-,28+,30-,31-,32+,33+,37-/m1/s1. The summed E-state index contributed by atoms with van der Waals surface area (Å²) in [4.78, 5) is 59.8. The van der Waals surface area contributed by atoms with Crippen LogP contribution < -0.4 is 10.2 Å². The first-order valence-corrected chi connectivity index (χ1v) is 16.5. The van der Waals surface area contributed by atoms with E-state index < -0.39 is 47.7 Å². The number of nitrogens with one attached hydrogen (secondary N) is 1. The van der Waals surface area contributed by atoms with E-state index in [9.17, 15) is 24.3 Å². The topological polar surface area (TPSA) is 125 Å². The number of hydrogen-bond acceptors (Lipinski definition) is 7. The van der Waals surface area contributed by atoms with Crippen molar-refractivity contribution in [2.45, 2.75) is 76.3 Å². The van der Waals surface area contributed by atoms with E-state index >= 15 is 0 Å². The lowest BCUT2D eigenvalue weighted by atomic mass is 9.74. The van der Waals surface area contributed by atoms with Gasteiger partial charge in [0.2, 0.25) is 11.8 Å². The van der Waals surface area contributed by atoms with Crippen LogP contribution in [0.5, 0.6) is 0 Å². The Labute approximate surface area is 275 Å². The minimum atomic E-state index is -1.36. The van der Waals surface area contributed by atoms with E-state index in [0.717, 1.165) is 11.1 Å². The number of ether oxygens (including phenoxy) is 2. The lowest BCUT2D eigenvalue weighted by Gasteiger charge is -2.36. The van der Waals surface area contributed by atoms with E-state index in [1.165, 1.54) is 0 Å². The van der Waals surface area contributed by atoms with Gasteiger partial charge in [-0.05, 0) is 62.8 Å². The van der Waals surface area contributed by atoms with Crippen molar-refractivity contribution in [1.82, 2.24) is 10.2 Å². The molecule has 0 radical (unpaired) electrons. The number of esters is 1. The third kappa shape index (κ3) is 6.00. The fourth-order valence-electron chi connectivity index (χ4n) is 7.54. The van der Waals surface area contributed by atoms with Crippen molar-refractivity contribution >= 4 is 29.4 Å². The van der Waals surface area contributed by atoms with Gasteiger partial charge in [0.05, 0.1) is 18.1 Å². The number of hydrogen-bond donors (Lipinski definition) is 2. The zero-order valence-corrected chi connectivity index (χ0v) is 27.1. The van der Waals surface area contributed by atoms with Crippen LogP contribution in [0.25, 0.3) is 0 Å². The van der Waals surface area contributed by atoms with Gasteiger partial charge in [-0.25, -0.2) is 0 Å². The second-order valence-corrected chi connectivity index (χ2v) is 13.0. The maximum Gasteiger partial charge on any atom is 0.313 e. The number of likely N-dealkylation sites (tertiary alicyclic amines) is 1. The number of nitrogens with zero attached hydrogens (tertiary/aromatic N) is 2. The Balaban J connectivity index is 1.45. The van der Waals surface area contributed by atoms with Crippen LogP contribution in [-0.4, -0.2) is 77.2 Å². The fraction of sp³-hybridized carbons (Fsp3) is 0.459. The van der Waals surface area contributed by atoms with Gasteiger partial charge in [-0.15, -0.1) is 0 Å². The first-order valence-electron chi connectivity index (χ1n) is 16.5. The van der Waals surface area contributed by atoms with E-state index in [-0.39, 0.29) is 43.8 Å². The number of benzene rings is 2. The normalized spacial score (nSPS) is 31.6. The molecule has 3 amide bonds. The Hall–Kier alpha value is -4.28. The summed E-state index contributed by atoms with van der Waals surface area (Å²) >= 11 is 0. The first-order chi connectivity index (χ1) is 22.7. The SMILES string of the molecule is Cc1ccc(C)c(N2C/C=C\CCC(=O)N[C@H](C)[C@@H](c3ccccc3)OC(=O)[C@@H]3[C@@H]4C=C[C@]5(O4)[C@H](C2=O)N(CCCCO)C(=O)[C@@H]35)c1. The van der Waals surface area contributed by atoms with Gasteiger partial charge in [0.25, 0.3) is 5.91 Å². The van der Waals surface area contributed by atoms with Crippen molar-refractivity contribution in [3.8, 4) is 0 Å². The lowest BCUT2D eigenvalue weighted by molar-refractivity contribution is -0.161. The van der Waals surface area contributed by atoms with Crippen molar-refractivity contribution < 1.29 is 33.8 Å². The van der Waals surface area contributed by atoms with Crippen molar-refractivity contribution in [1.29, 1.82) is 0 Å². The van der Waals surface area contributed by atoms with E-state index in [1.807, 2.05) is 74.5 Å². The number of fused-ring (bicyclic) bond motifs is 2. The van der Waals surface area contributed by atoms with Crippen LogP contribution in [0.15, 0.2) is 72.8 Å². The molecule has 4 aliphatic heterocycles. The van der Waals surface area contributed by atoms with Gasteiger partial charge >= 0.3 is 5.97 Å². The number of aryl methyl sites for hydroxylation is 2. The van der Waals surface area contributed by atoms with Crippen molar-refractivity contribution in [2.75, 3.05) is 24.6 Å². The molecule has 7 atom stereocenters. The fourth-order valence-corrected chi connectivity index (χ4v) is 7.54. The number of amides is 3. The summed E-state index contributed by atoms with van der Waals surface area (Å²) in [6.07, 6.45) is 7.36. The van der Waals surface area contributed by atoms with Crippen LogP contribution in [-0.2, 0) is 28.7 Å². The van der Waals surface area contributed by atoms with Crippen molar-refractivity contribution in [3.63, 3.8) is 0 Å². The van der Waals surface area contributed by atoms with Crippen LogP contribution in [0.4, 0.5) is 5.69 Å². The predicted octanol–water partition coefficient (Wildman–Crippen LogP) is 3.70. The van der Waals surface area contributed by atoms with Gasteiger partial charge in [-0.1, -0.05) is 66.8 Å². The highest BCUT2D eigenvalue weighted by Gasteiger charge is 2.73. The molecule has 0 saturated carbocycles. The molecular weight excluding hydrogens is 598 g/mol. The maximum absolute atomic E-state index is 14.9. The van der Waals surface area contributed by atoms with E-state index in [4.69, 9.17) is 9.47 Å². The molecule has 248 valence electrons. The minimum Gasteiger partial charge on any atom is -0.455 e. The molecule has 5 bridgehead atoms. The number of aliphatic hydroxyl groups is 1. The second kappa shape index (κ2) is 13.4. The van der Waals surface area contributed by atoms with Crippen LogP contribution in [0, 0.1) is 25.7 Å². The predicted molar refractivity (Wildman–Crippen MR) is 175 cm³/mol. The van der Waals surface area contributed by atoms with E-state index in [2.05, 4.69) is 5.32 Å². The van der Waals surface area contributed by atoms with E-state index in [1.54, 1.807) is 28.9 Å². The Bertz CT molecular complexity index is 1590. The summed E-state index contributed by atoms with van der Waals surface area (Å²) in [6.45, 7) is 6.09. The highest BCUT2D eigenvalue weighted by molar-refractivity contribution is 6.05. The number of rotatable bonds is 6. The molecule has 2 fully saturated rings. The van der Waals surface area contributed by atoms with Crippen molar-refractivity contribution in [3.05, 3.63) is 89.5 Å². The molecule has 4 heterocycles. The summed E-state index contributed by atoms with van der Waals surface area (Å²) in [5.41, 5.74) is 1.93. The van der Waals surface area contributed by atoms with Gasteiger partial charge in [0.15, 0.2) is 0 Å². The molecule has 2 N–H and O–H groups in total. The number of anilines is 1. The molecule has 10 heteroatoms. The Morgan fingerprint density at radius 2 is 1.79 bits per heavy atom. The highest BCUT2D eigenvalue weighted by atomic mass is 16.6. The minimum absolute atomic E-state index is 0.0440. The number of carbonyl (C=O) groups is 4. The van der Waals surface area contributed by atoms with Gasteiger partial charge < -0.3 is 29.7 Å². The zero-order chi connectivity index (χ0) is 33.3. The zero-order valence-electron chi connectivity index (χ0n) is 27.1. The van der Waals surface area contributed by atoms with E-state index in [0.29, 0.717) is 30.5 Å². The molecule has 6 rings (SSSR count). The maximum atomic E-state index is 14.9. The number of carbonyl (C=O) groups excluding carboxylic acids is 4. The lowest BCUT2D eigenvalue weighted by Crippen LogP contribution is -2.56. The van der Waals surface area contributed by atoms with Gasteiger partial charge in [-0.3, -0.25) is 19.2 Å². The molecule has 10 nitrogen and oxygen atoms in total. The summed E-state index contributed by atoms with van der Waals surface area (Å²) < 4.78 is 12.8. The molecule has 0 unspecified atom stereocenters. The number of cyclic esters (lactones) is 1. The Morgan fingerprint density at radius 1 is 1.00 bits per heavy atom. The third-order valence-electron chi connectivity index (χ3n) is 9.82. The molecule has 4 aliphatic rings. The molecule has 2 aromatic carbocycles. The summed E-state index contributed by atoms with van der Waals surface area (Å²) in [7, 11) is 0. The summed E-state index contributed by atoms with van der Waals surface area (Å²) in [5, 5.41) is 12.5. The molecule has 2 aromatic rings. The van der Waals surface area contributed by atoms with Crippen LogP contribution in [0.1, 0.15) is 55.4 Å². The Morgan fingerprint density at radius 3 is 2.55 bits per heavy atom. The monoisotopic (exact) mass is 641 g/mol. The molecule has 0 aromatic heterocycles. The first kappa shape index (κ1) is 32.7. The van der Waals surface area contributed by atoms with Gasteiger partial charge in [-0.2, -0.15) is 0 Å². The number of unbranched alkanes of at least 4 members (excludes halogenated alkanes) is 1. The number of allylic oxidation sites excluding steroid dienone is 1. The molecular formula is C37H43N3O7. The summed E-state index contributed by atoms with van der Waals surface area (Å²) in [6, 6.07) is 13.5. The third-order valence-corrected chi connectivity index (χ3v) is 9.82. The largest absolute Gasteiger partial charge is 0.455 e. The molecule has 2 saturated heterocycles. The quantitative estimate of drug-likeness (QED) is 0.280.